The predicted molar refractivity (Wildman–Crippen MR) is 111 cm³/mol. The number of amides is 1. The smallest absolute Gasteiger partial charge is 0.238 e. The Balaban J connectivity index is 1.46. The monoisotopic (exact) mass is 406 g/mol. The number of thiocarbonyl (C=S) groups is 1. The van der Waals surface area contributed by atoms with E-state index in [4.69, 9.17) is 23.8 Å². The van der Waals surface area contributed by atoms with Crippen molar-refractivity contribution in [1.82, 2.24) is 9.80 Å². The molecule has 1 amide bonds. The third kappa shape index (κ3) is 5.38. The normalized spacial score (nSPS) is 14.7. The Hall–Kier alpha value is -2.22. The second kappa shape index (κ2) is 9.12. The molecule has 2 aromatic rings. The maximum absolute atomic E-state index is 13.7. The van der Waals surface area contributed by atoms with E-state index in [1.165, 1.54) is 6.07 Å². The largest absolute Gasteiger partial charge is 0.346 e. The summed E-state index contributed by atoms with van der Waals surface area (Å²) in [5.74, 6) is -0.446. The molecule has 1 aliphatic heterocycles. The fourth-order valence-electron chi connectivity index (χ4n) is 2.82. The summed E-state index contributed by atoms with van der Waals surface area (Å²) >= 11 is 11.4. The Morgan fingerprint density at radius 2 is 1.63 bits per heavy atom. The van der Waals surface area contributed by atoms with Gasteiger partial charge in [-0.2, -0.15) is 0 Å². The summed E-state index contributed by atoms with van der Waals surface area (Å²) in [6.07, 6.45) is 0. The van der Waals surface area contributed by atoms with Crippen molar-refractivity contribution in [3.8, 4) is 0 Å². The first-order valence-corrected chi connectivity index (χ1v) is 9.39. The zero-order chi connectivity index (χ0) is 19.2. The van der Waals surface area contributed by atoms with Crippen LogP contribution in [0.5, 0.6) is 0 Å². The number of rotatable bonds is 4. The molecule has 0 unspecified atom stereocenters. The van der Waals surface area contributed by atoms with Gasteiger partial charge in [-0.1, -0.05) is 35.9 Å². The number of nitrogens with zero attached hydrogens (tertiary/aromatic N) is 2. The van der Waals surface area contributed by atoms with Crippen molar-refractivity contribution < 1.29 is 9.18 Å². The first-order valence-electron chi connectivity index (χ1n) is 8.60. The van der Waals surface area contributed by atoms with Gasteiger partial charge >= 0.3 is 0 Å². The van der Waals surface area contributed by atoms with Crippen molar-refractivity contribution in [1.29, 1.82) is 0 Å². The molecule has 0 spiro atoms. The maximum Gasteiger partial charge on any atom is 0.238 e. The minimum Gasteiger partial charge on any atom is -0.346 e. The van der Waals surface area contributed by atoms with E-state index in [2.05, 4.69) is 10.6 Å². The molecule has 2 N–H and O–H groups in total. The van der Waals surface area contributed by atoms with Gasteiger partial charge in [0, 0.05) is 26.2 Å². The van der Waals surface area contributed by atoms with Crippen molar-refractivity contribution in [3.63, 3.8) is 0 Å². The zero-order valence-corrected chi connectivity index (χ0v) is 16.2. The van der Waals surface area contributed by atoms with E-state index >= 15 is 0 Å². The topological polar surface area (TPSA) is 47.6 Å². The van der Waals surface area contributed by atoms with E-state index in [-0.39, 0.29) is 18.3 Å². The molecule has 0 atom stereocenters. The highest BCUT2D eigenvalue weighted by atomic mass is 35.5. The summed E-state index contributed by atoms with van der Waals surface area (Å²) in [7, 11) is 0. The Bertz CT molecular complexity index is 827. The summed E-state index contributed by atoms with van der Waals surface area (Å²) in [5, 5.41) is 6.77. The first-order chi connectivity index (χ1) is 13.0. The number of anilines is 2. The van der Waals surface area contributed by atoms with E-state index in [0.29, 0.717) is 47.7 Å². The van der Waals surface area contributed by atoms with Gasteiger partial charge < -0.3 is 15.5 Å². The van der Waals surface area contributed by atoms with Gasteiger partial charge in [0.2, 0.25) is 5.91 Å². The van der Waals surface area contributed by atoms with E-state index in [1.807, 2.05) is 21.9 Å². The van der Waals surface area contributed by atoms with Crippen molar-refractivity contribution >= 4 is 46.2 Å². The molecule has 0 radical (unpaired) electrons. The highest BCUT2D eigenvalue weighted by Crippen LogP contribution is 2.20. The van der Waals surface area contributed by atoms with Crippen LogP contribution in [-0.2, 0) is 4.79 Å². The summed E-state index contributed by atoms with van der Waals surface area (Å²) in [5.41, 5.74) is 0.974. The highest BCUT2D eigenvalue weighted by Gasteiger charge is 2.21. The molecule has 1 saturated heterocycles. The van der Waals surface area contributed by atoms with Crippen LogP contribution >= 0.6 is 23.8 Å². The molecule has 5 nitrogen and oxygen atoms in total. The summed E-state index contributed by atoms with van der Waals surface area (Å²) in [6.45, 7) is 3.00. The number of halogens is 2. The SMILES string of the molecule is O=C(CN1CCN(C(=S)Nc2ccccc2F)CC1)Nc1ccccc1Cl. The van der Waals surface area contributed by atoms with Crippen LogP contribution in [0.3, 0.4) is 0 Å². The maximum atomic E-state index is 13.7. The van der Waals surface area contributed by atoms with Gasteiger partial charge in [-0.15, -0.1) is 0 Å². The number of benzene rings is 2. The lowest BCUT2D eigenvalue weighted by atomic mass is 10.3. The average Bonchev–Trinajstić information content (AvgIpc) is 2.66. The molecule has 0 aromatic heterocycles. The van der Waals surface area contributed by atoms with Crippen LogP contribution in [0.2, 0.25) is 5.02 Å². The van der Waals surface area contributed by atoms with Crippen LogP contribution in [0, 0.1) is 5.82 Å². The van der Waals surface area contributed by atoms with Gasteiger partial charge in [0.15, 0.2) is 5.11 Å². The molecule has 0 bridgehead atoms. The second-order valence-corrected chi connectivity index (χ2v) is 7.00. The second-order valence-electron chi connectivity index (χ2n) is 6.20. The molecule has 142 valence electrons. The molecule has 0 saturated carbocycles. The summed E-state index contributed by atoms with van der Waals surface area (Å²) in [4.78, 5) is 16.2. The average molecular weight is 407 g/mol. The lowest BCUT2D eigenvalue weighted by Gasteiger charge is -2.35. The molecule has 1 aliphatic rings. The van der Waals surface area contributed by atoms with E-state index in [1.54, 1.807) is 30.3 Å². The van der Waals surface area contributed by atoms with Gasteiger partial charge in [-0.05, 0) is 36.5 Å². The number of hydrogen-bond donors (Lipinski definition) is 2. The number of para-hydroxylation sites is 2. The van der Waals surface area contributed by atoms with Gasteiger partial charge in [-0.3, -0.25) is 9.69 Å². The standard InChI is InChI=1S/C19H20ClFN4OS/c20-14-5-1-3-7-16(14)22-18(26)13-24-9-11-25(12-10-24)19(27)23-17-8-4-2-6-15(17)21/h1-8H,9-13H2,(H,22,26)(H,23,27). The molecule has 8 heteroatoms. The molecule has 1 heterocycles. The number of carbonyl (C=O) groups excluding carboxylic acids is 1. The van der Waals surface area contributed by atoms with Crippen LogP contribution in [0.25, 0.3) is 0 Å². The lowest BCUT2D eigenvalue weighted by molar-refractivity contribution is -0.117. The van der Waals surface area contributed by atoms with Crippen LogP contribution in [-0.4, -0.2) is 53.5 Å². The number of piperazine rings is 1. The van der Waals surface area contributed by atoms with Crippen LogP contribution < -0.4 is 10.6 Å². The van der Waals surface area contributed by atoms with E-state index < -0.39 is 0 Å². The molecule has 2 aromatic carbocycles. The van der Waals surface area contributed by atoms with Crippen molar-refractivity contribution in [2.75, 3.05) is 43.4 Å². The Kier molecular flexibility index (Phi) is 6.60. The highest BCUT2D eigenvalue weighted by molar-refractivity contribution is 7.80. The third-order valence-electron chi connectivity index (χ3n) is 4.29. The molecular weight excluding hydrogens is 387 g/mol. The summed E-state index contributed by atoms with van der Waals surface area (Å²) in [6, 6.07) is 13.6. The van der Waals surface area contributed by atoms with Gasteiger partial charge in [-0.25, -0.2) is 4.39 Å². The third-order valence-corrected chi connectivity index (χ3v) is 4.98. The first kappa shape index (κ1) is 19.5. The number of carbonyl (C=O) groups is 1. The van der Waals surface area contributed by atoms with Crippen LogP contribution in [0.4, 0.5) is 15.8 Å². The number of nitrogens with one attached hydrogen (secondary N) is 2. The Morgan fingerprint density at radius 3 is 2.30 bits per heavy atom. The predicted octanol–water partition coefficient (Wildman–Crippen LogP) is 3.43. The molecule has 0 aliphatic carbocycles. The van der Waals surface area contributed by atoms with E-state index in [0.717, 1.165) is 0 Å². The molecular formula is C19H20ClFN4OS. The minimum absolute atomic E-state index is 0.108. The van der Waals surface area contributed by atoms with Gasteiger partial charge in [0.25, 0.3) is 0 Å². The fourth-order valence-corrected chi connectivity index (χ4v) is 3.30. The van der Waals surface area contributed by atoms with Crippen molar-refractivity contribution in [2.24, 2.45) is 0 Å². The zero-order valence-electron chi connectivity index (χ0n) is 14.6. The molecule has 1 fully saturated rings. The fraction of sp³-hybridized carbons (Fsp3) is 0.263. The lowest BCUT2D eigenvalue weighted by Crippen LogP contribution is -2.51. The van der Waals surface area contributed by atoms with Crippen molar-refractivity contribution in [2.45, 2.75) is 0 Å². The quantitative estimate of drug-likeness (QED) is 0.762. The van der Waals surface area contributed by atoms with Gasteiger partial charge in [0.1, 0.15) is 5.82 Å². The Morgan fingerprint density at radius 1 is 1.00 bits per heavy atom. The number of hydrogen-bond acceptors (Lipinski definition) is 3. The molecule has 3 rings (SSSR count). The Labute approximate surface area is 168 Å². The van der Waals surface area contributed by atoms with Gasteiger partial charge in [0.05, 0.1) is 22.9 Å². The van der Waals surface area contributed by atoms with Crippen LogP contribution in [0.15, 0.2) is 48.5 Å². The minimum atomic E-state index is -0.338. The summed E-state index contributed by atoms with van der Waals surface area (Å²) < 4.78 is 13.7. The van der Waals surface area contributed by atoms with E-state index in [9.17, 15) is 9.18 Å². The molecule has 27 heavy (non-hydrogen) atoms. The van der Waals surface area contributed by atoms with Crippen molar-refractivity contribution in [3.05, 3.63) is 59.4 Å². The van der Waals surface area contributed by atoms with Crippen LogP contribution in [0.1, 0.15) is 0 Å².